The number of hydrogen-bond acceptors (Lipinski definition) is 4. The van der Waals surface area contributed by atoms with Gasteiger partial charge in [-0.05, 0) is 22.0 Å². The maximum absolute atomic E-state index is 12.4. The first-order valence-corrected chi connectivity index (χ1v) is 4.34. The highest BCUT2D eigenvalue weighted by Crippen LogP contribution is 2.33. The summed E-state index contributed by atoms with van der Waals surface area (Å²) in [6.45, 7) is 0. The number of halogens is 3. The van der Waals surface area contributed by atoms with Crippen molar-refractivity contribution in [3.05, 3.63) is 32.0 Å². The molecule has 1 aromatic heterocycles. The Morgan fingerprint density at radius 2 is 2.20 bits per heavy atom. The topological polar surface area (TPSA) is 73.1 Å². The monoisotopic (exact) mass is 280 g/mol. The molecule has 0 aromatic carbocycles. The van der Waals surface area contributed by atoms with Gasteiger partial charge in [0, 0.05) is 0 Å². The molecular formula is C7H3BrF2N2O3. The zero-order valence-electron chi connectivity index (χ0n) is 6.99. The molecule has 1 rings (SSSR count). The van der Waals surface area contributed by atoms with Gasteiger partial charge in [0.05, 0.1) is 9.40 Å². The number of rotatable bonds is 3. The second-order valence-corrected chi connectivity index (χ2v) is 3.29. The first-order valence-electron chi connectivity index (χ1n) is 3.55. The van der Waals surface area contributed by atoms with E-state index < -0.39 is 22.7 Å². The normalized spacial score (nSPS) is 10.4. The van der Waals surface area contributed by atoms with Crippen LogP contribution in [0.2, 0.25) is 0 Å². The summed E-state index contributed by atoms with van der Waals surface area (Å²) < 4.78 is 24.6. The van der Waals surface area contributed by atoms with Crippen molar-refractivity contribution in [2.24, 2.45) is 0 Å². The molecule has 8 heteroatoms. The minimum absolute atomic E-state index is 0.195. The summed E-state index contributed by atoms with van der Waals surface area (Å²) in [6.07, 6.45) is -2.87. The number of hydrogen-bond donors (Lipinski definition) is 0. The molecule has 0 spiro atoms. The predicted octanol–water partition coefficient (Wildman–Crippen LogP) is 2.50. The Hall–Kier alpha value is -1.44. The number of nitro groups is 1. The highest BCUT2D eigenvalue weighted by molar-refractivity contribution is 9.10. The van der Waals surface area contributed by atoms with E-state index in [2.05, 4.69) is 20.9 Å². The van der Waals surface area contributed by atoms with Crippen molar-refractivity contribution in [3.63, 3.8) is 0 Å². The van der Waals surface area contributed by atoms with Crippen LogP contribution >= 0.6 is 15.9 Å². The molecule has 0 amide bonds. The summed E-state index contributed by atoms with van der Waals surface area (Å²) in [6, 6.07) is 1.01. The third-order valence-electron chi connectivity index (χ3n) is 1.50. The number of alkyl halides is 2. The lowest BCUT2D eigenvalue weighted by Gasteiger charge is -2.03. The van der Waals surface area contributed by atoms with E-state index in [1.54, 1.807) is 0 Å². The van der Waals surface area contributed by atoms with Gasteiger partial charge >= 0.3 is 5.69 Å². The minimum Gasteiger partial charge on any atom is -0.296 e. The average Bonchev–Trinajstić information content (AvgIpc) is 2.15. The molecule has 80 valence electrons. The number of aromatic nitrogens is 1. The number of aldehydes is 1. The van der Waals surface area contributed by atoms with Gasteiger partial charge in [0.25, 0.3) is 6.43 Å². The quantitative estimate of drug-likeness (QED) is 0.484. The standard InChI is InChI=1S/C7H3BrF2N2O3/c8-4-1-3(2-13)11-5(7(9)10)6(4)12(14)15/h1-2,7H. The fourth-order valence-electron chi connectivity index (χ4n) is 0.938. The van der Waals surface area contributed by atoms with Gasteiger partial charge < -0.3 is 0 Å². The van der Waals surface area contributed by atoms with E-state index in [0.717, 1.165) is 6.07 Å². The summed E-state index contributed by atoms with van der Waals surface area (Å²) in [4.78, 5) is 23.0. The van der Waals surface area contributed by atoms with E-state index in [9.17, 15) is 23.7 Å². The van der Waals surface area contributed by atoms with Crippen molar-refractivity contribution in [2.45, 2.75) is 6.43 Å². The zero-order valence-corrected chi connectivity index (χ0v) is 8.57. The number of carbonyl (C=O) groups is 1. The Morgan fingerprint density at radius 1 is 1.60 bits per heavy atom. The van der Waals surface area contributed by atoms with Crippen LogP contribution in [-0.4, -0.2) is 16.2 Å². The molecule has 0 aliphatic rings. The van der Waals surface area contributed by atoms with Crippen molar-refractivity contribution >= 4 is 27.9 Å². The third kappa shape index (κ3) is 2.32. The van der Waals surface area contributed by atoms with E-state index in [0.29, 0.717) is 0 Å². The van der Waals surface area contributed by atoms with E-state index >= 15 is 0 Å². The van der Waals surface area contributed by atoms with Gasteiger partial charge in [-0.25, -0.2) is 13.8 Å². The van der Waals surface area contributed by atoms with Gasteiger partial charge in [0.1, 0.15) is 5.69 Å². The second-order valence-electron chi connectivity index (χ2n) is 2.44. The van der Waals surface area contributed by atoms with Gasteiger partial charge in [-0.1, -0.05) is 0 Å². The van der Waals surface area contributed by atoms with Crippen LogP contribution < -0.4 is 0 Å². The molecule has 0 fully saturated rings. The van der Waals surface area contributed by atoms with Crippen LogP contribution in [0.15, 0.2) is 10.5 Å². The van der Waals surface area contributed by atoms with E-state index in [-0.39, 0.29) is 16.5 Å². The average molecular weight is 281 g/mol. The lowest BCUT2D eigenvalue weighted by molar-refractivity contribution is -0.387. The molecule has 15 heavy (non-hydrogen) atoms. The highest BCUT2D eigenvalue weighted by Gasteiger charge is 2.27. The molecule has 0 saturated heterocycles. The maximum atomic E-state index is 12.4. The number of pyridine rings is 1. The molecule has 0 N–H and O–H groups in total. The highest BCUT2D eigenvalue weighted by atomic mass is 79.9. The van der Waals surface area contributed by atoms with Crippen molar-refractivity contribution in [1.82, 2.24) is 4.98 Å². The van der Waals surface area contributed by atoms with Crippen LogP contribution in [0.4, 0.5) is 14.5 Å². The van der Waals surface area contributed by atoms with Crippen LogP contribution in [0.3, 0.4) is 0 Å². The van der Waals surface area contributed by atoms with Crippen molar-refractivity contribution < 1.29 is 18.5 Å². The molecule has 0 saturated carbocycles. The molecule has 0 atom stereocenters. The van der Waals surface area contributed by atoms with Gasteiger partial charge in [-0.3, -0.25) is 14.9 Å². The predicted molar refractivity (Wildman–Crippen MR) is 48.9 cm³/mol. The van der Waals surface area contributed by atoms with E-state index in [1.807, 2.05) is 0 Å². The largest absolute Gasteiger partial charge is 0.310 e. The molecule has 5 nitrogen and oxygen atoms in total. The third-order valence-corrected chi connectivity index (χ3v) is 2.11. The Morgan fingerprint density at radius 3 is 2.60 bits per heavy atom. The van der Waals surface area contributed by atoms with Crippen LogP contribution in [0.1, 0.15) is 22.6 Å². The van der Waals surface area contributed by atoms with E-state index in [1.165, 1.54) is 0 Å². The van der Waals surface area contributed by atoms with Gasteiger partial charge in [-0.15, -0.1) is 0 Å². The Balaban J connectivity index is 3.49. The van der Waals surface area contributed by atoms with Crippen LogP contribution in [0, 0.1) is 10.1 Å². The molecule has 0 aliphatic heterocycles. The lowest BCUT2D eigenvalue weighted by atomic mass is 10.2. The summed E-state index contributed by atoms with van der Waals surface area (Å²) in [5.41, 5.74) is -2.13. The molecular weight excluding hydrogens is 278 g/mol. The van der Waals surface area contributed by atoms with Crippen LogP contribution in [-0.2, 0) is 0 Å². The Kier molecular flexibility index (Phi) is 3.40. The molecule has 0 radical (unpaired) electrons. The van der Waals surface area contributed by atoms with Crippen LogP contribution in [0.5, 0.6) is 0 Å². The van der Waals surface area contributed by atoms with Crippen molar-refractivity contribution in [2.75, 3.05) is 0 Å². The fraction of sp³-hybridized carbons (Fsp3) is 0.143. The first kappa shape index (κ1) is 11.6. The summed E-state index contributed by atoms with van der Waals surface area (Å²) in [5.74, 6) is 0. The molecule has 0 aliphatic carbocycles. The van der Waals surface area contributed by atoms with Gasteiger partial charge in [0.2, 0.25) is 0 Å². The summed E-state index contributed by atoms with van der Waals surface area (Å²) >= 11 is 2.73. The molecule has 0 bridgehead atoms. The van der Waals surface area contributed by atoms with Gasteiger partial charge in [0.15, 0.2) is 12.0 Å². The van der Waals surface area contributed by atoms with E-state index in [4.69, 9.17) is 0 Å². The lowest BCUT2D eigenvalue weighted by Crippen LogP contribution is -2.03. The fourth-order valence-corrected chi connectivity index (χ4v) is 1.52. The van der Waals surface area contributed by atoms with Gasteiger partial charge in [-0.2, -0.15) is 0 Å². The second kappa shape index (κ2) is 4.39. The first-order chi connectivity index (χ1) is 6.97. The summed E-state index contributed by atoms with van der Waals surface area (Å²) in [5, 5.41) is 10.5. The smallest absolute Gasteiger partial charge is 0.296 e. The van der Waals surface area contributed by atoms with Crippen molar-refractivity contribution in [3.8, 4) is 0 Å². The maximum Gasteiger partial charge on any atom is 0.310 e. The zero-order chi connectivity index (χ0) is 11.6. The molecule has 0 unspecified atom stereocenters. The Bertz CT molecular complexity index is 425. The SMILES string of the molecule is O=Cc1cc(Br)c([N+](=O)[O-])c(C(F)F)n1. The van der Waals surface area contributed by atoms with Crippen molar-refractivity contribution in [1.29, 1.82) is 0 Å². The number of nitrogens with zero attached hydrogens (tertiary/aromatic N) is 2. The van der Waals surface area contributed by atoms with Crippen LogP contribution in [0.25, 0.3) is 0 Å². The Labute approximate surface area is 90.4 Å². The minimum atomic E-state index is -3.11. The molecule has 1 aromatic rings. The number of carbonyl (C=O) groups excluding carboxylic acids is 1. The summed E-state index contributed by atoms with van der Waals surface area (Å²) in [7, 11) is 0. The molecule has 1 heterocycles.